The fraction of sp³-hybridized carbons (Fsp3) is 0.606. The highest BCUT2D eigenvalue weighted by atomic mass is 32.2. The second-order valence-electron chi connectivity index (χ2n) is 15.3. The number of alkyl halides is 3. The van der Waals surface area contributed by atoms with Crippen molar-refractivity contribution < 1.29 is 31.4 Å². The van der Waals surface area contributed by atoms with Gasteiger partial charge in [-0.1, -0.05) is 32.5 Å². The van der Waals surface area contributed by atoms with E-state index in [2.05, 4.69) is 39.9 Å². The van der Waals surface area contributed by atoms with Gasteiger partial charge in [0.25, 0.3) is 5.56 Å². The van der Waals surface area contributed by atoms with Crippen molar-refractivity contribution >= 4 is 46.3 Å². The fourth-order valence-corrected chi connectivity index (χ4v) is 8.77. The van der Waals surface area contributed by atoms with E-state index in [1.54, 1.807) is 42.5 Å². The van der Waals surface area contributed by atoms with Gasteiger partial charge in [0.05, 0.1) is 23.3 Å². The van der Waals surface area contributed by atoms with Crippen LogP contribution in [0.3, 0.4) is 0 Å². The van der Waals surface area contributed by atoms with Crippen LogP contribution in [0.15, 0.2) is 35.5 Å². The van der Waals surface area contributed by atoms with Gasteiger partial charge in [-0.3, -0.25) is 18.8 Å². The lowest BCUT2D eigenvalue weighted by Gasteiger charge is -2.26. The molecule has 2 N–H and O–H groups in total. The molecule has 0 unspecified atom stereocenters. The van der Waals surface area contributed by atoms with Crippen LogP contribution >= 0.6 is 0 Å². The average molecular weight is 766 g/mol. The maximum Gasteiger partial charge on any atom is 0.497 e. The number of aliphatic hydroxyl groups is 1. The summed E-state index contributed by atoms with van der Waals surface area (Å²) in [6, 6.07) is 4.45. The number of nitrogens with one attached hydrogen (secondary N) is 1. The predicted molar refractivity (Wildman–Crippen MR) is 194 cm³/mol. The lowest BCUT2D eigenvalue weighted by Crippen LogP contribution is -2.31. The highest BCUT2D eigenvalue weighted by Crippen LogP contribution is 2.41. The maximum atomic E-state index is 13.1. The van der Waals surface area contributed by atoms with Crippen LogP contribution in [-0.4, -0.2) is 93.3 Å². The summed E-state index contributed by atoms with van der Waals surface area (Å²) in [6.07, 6.45) is 8.72. The Morgan fingerprint density at radius 2 is 1.90 bits per heavy atom. The summed E-state index contributed by atoms with van der Waals surface area (Å²) < 4.78 is 73.9. The normalized spacial score (nSPS) is 18.2. The van der Waals surface area contributed by atoms with E-state index in [-0.39, 0.29) is 43.1 Å². The van der Waals surface area contributed by atoms with Gasteiger partial charge in [-0.15, -0.1) is 0 Å². The molecule has 0 aromatic carbocycles. The molecule has 0 bridgehead atoms. The van der Waals surface area contributed by atoms with Gasteiger partial charge >= 0.3 is 5.51 Å². The van der Waals surface area contributed by atoms with Crippen LogP contribution in [0.5, 0.6) is 0 Å². The van der Waals surface area contributed by atoms with Gasteiger partial charge in [-0.05, 0) is 37.3 Å². The largest absolute Gasteiger partial charge is 0.497 e. The Labute approximate surface area is 300 Å². The molecule has 2 fully saturated rings. The molecule has 6 rings (SSSR count). The Balaban J connectivity index is 1.25. The highest BCUT2D eigenvalue weighted by Gasteiger charge is 2.47. The summed E-state index contributed by atoms with van der Waals surface area (Å²) in [5, 5.41) is 19.1. The molecule has 2 aliphatic rings. The van der Waals surface area contributed by atoms with Crippen LogP contribution in [0.2, 0.25) is 25.7 Å². The third-order valence-electron chi connectivity index (χ3n) is 10.1. The number of aliphatic hydroxyl groups excluding tert-OH is 1. The minimum atomic E-state index is -5.30. The number of anilines is 3. The van der Waals surface area contributed by atoms with E-state index in [9.17, 15) is 31.5 Å². The summed E-state index contributed by atoms with van der Waals surface area (Å²) >= 11 is 0. The molecule has 1 atom stereocenters. The van der Waals surface area contributed by atoms with Crippen molar-refractivity contribution in [2.75, 3.05) is 42.3 Å². The van der Waals surface area contributed by atoms with Gasteiger partial charge in [-0.2, -0.15) is 18.3 Å². The van der Waals surface area contributed by atoms with Crippen molar-refractivity contribution in [1.29, 1.82) is 0 Å². The van der Waals surface area contributed by atoms with Crippen LogP contribution in [0.4, 0.5) is 30.6 Å². The summed E-state index contributed by atoms with van der Waals surface area (Å²) in [4.78, 5) is 28.5. The van der Waals surface area contributed by atoms with E-state index < -0.39 is 35.1 Å². The molecular weight excluding hydrogens is 720 g/mol. The Kier molecular flexibility index (Phi) is 10.6. The smallest absolute Gasteiger partial charge is 0.396 e. The Hall–Kier alpha value is -3.81. The molecule has 284 valence electrons. The molecule has 0 spiro atoms. The van der Waals surface area contributed by atoms with Gasteiger partial charge < -0.3 is 20.1 Å². The molecule has 14 nitrogen and oxygen atoms in total. The van der Waals surface area contributed by atoms with E-state index in [4.69, 9.17) is 9.84 Å². The molecular formula is C33H46F3N9O5SSi. The number of fused-ring (bicyclic) bond motifs is 1. The van der Waals surface area contributed by atoms with Crippen LogP contribution in [0, 0.1) is 11.3 Å². The molecule has 4 aromatic rings. The molecule has 1 aliphatic heterocycles. The van der Waals surface area contributed by atoms with Gasteiger partial charge in [0, 0.05) is 71.4 Å². The number of pyridine rings is 1. The van der Waals surface area contributed by atoms with Gasteiger partial charge in [0.1, 0.15) is 23.9 Å². The Morgan fingerprint density at radius 3 is 2.60 bits per heavy atom. The first-order chi connectivity index (χ1) is 24.5. The number of hydrogen-bond donors (Lipinski definition) is 2. The van der Waals surface area contributed by atoms with E-state index in [0.29, 0.717) is 53.6 Å². The zero-order chi connectivity index (χ0) is 37.5. The van der Waals surface area contributed by atoms with Crippen LogP contribution in [-0.2, 0) is 34.9 Å². The van der Waals surface area contributed by atoms with Gasteiger partial charge in [-0.25, -0.2) is 23.4 Å². The maximum absolute atomic E-state index is 13.1. The third-order valence-corrected chi connectivity index (χ3v) is 13.4. The lowest BCUT2D eigenvalue weighted by atomic mass is 9.87. The summed E-state index contributed by atoms with van der Waals surface area (Å²) in [5.41, 5.74) is -4.94. The molecule has 1 saturated heterocycles. The van der Waals surface area contributed by atoms with Crippen molar-refractivity contribution in [1.82, 2.24) is 34.1 Å². The number of ether oxygens (including phenoxy) is 1. The highest BCUT2D eigenvalue weighted by molar-refractivity contribution is 7.92. The standard InChI is InChI=1S/C33H46F3N9O5SSi/c1-42-31(47)25(18-44(42)22-50-13-14-52(2,3)4)29-37-11-7-27(40-29)39-28-15-26-24(16-38-28)30(41-45(26)20-32(21-46)9-5-6-10-32)43-12-8-23(17-43)19-51(48,49)33(34,35)36/h7,11,15-16,18,23,46H,5-6,8-10,12-14,17,19-22H2,1-4H3,(H,37,38,39,40)/t23-/m0/s1. The molecule has 52 heavy (non-hydrogen) atoms. The predicted octanol–water partition coefficient (Wildman–Crippen LogP) is 4.76. The topological polar surface area (TPSA) is 162 Å². The molecule has 5 heterocycles. The van der Waals surface area contributed by atoms with Gasteiger partial charge in [0.2, 0.25) is 9.84 Å². The second-order valence-corrected chi connectivity index (χ2v) is 23.0. The Bertz CT molecular complexity index is 2070. The van der Waals surface area contributed by atoms with Crippen LogP contribution in [0.25, 0.3) is 22.3 Å². The van der Waals surface area contributed by atoms with Crippen molar-refractivity contribution in [3.63, 3.8) is 0 Å². The molecule has 0 radical (unpaired) electrons. The number of rotatable bonds is 14. The molecule has 4 aromatic heterocycles. The molecule has 1 aliphatic carbocycles. The van der Waals surface area contributed by atoms with Crippen LogP contribution < -0.4 is 15.8 Å². The second kappa shape index (κ2) is 14.5. The number of sulfone groups is 1. The van der Waals surface area contributed by atoms with E-state index >= 15 is 0 Å². The minimum Gasteiger partial charge on any atom is -0.396 e. The minimum absolute atomic E-state index is 0.0174. The number of aromatic nitrogens is 7. The van der Waals surface area contributed by atoms with Crippen molar-refractivity contribution in [2.45, 2.75) is 76.6 Å². The van der Waals surface area contributed by atoms with E-state index in [1.807, 2.05) is 9.58 Å². The van der Waals surface area contributed by atoms with E-state index in [0.717, 1.165) is 31.7 Å². The number of hydrogen-bond acceptors (Lipinski definition) is 11. The monoisotopic (exact) mass is 765 g/mol. The third kappa shape index (κ3) is 8.21. The van der Waals surface area contributed by atoms with Crippen molar-refractivity contribution in [3.8, 4) is 11.4 Å². The van der Waals surface area contributed by atoms with Crippen molar-refractivity contribution in [2.24, 2.45) is 18.4 Å². The van der Waals surface area contributed by atoms with Crippen molar-refractivity contribution in [3.05, 3.63) is 41.1 Å². The summed E-state index contributed by atoms with van der Waals surface area (Å²) in [5.74, 6) is -0.146. The molecule has 0 amide bonds. The molecule has 19 heteroatoms. The average Bonchev–Trinajstić information content (AvgIpc) is 3.87. The summed E-state index contributed by atoms with van der Waals surface area (Å²) in [7, 11) is -4.86. The van der Waals surface area contributed by atoms with Gasteiger partial charge in [0.15, 0.2) is 11.6 Å². The number of nitrogens with zero attached hydrogens (tertiary/aromatic N) is 8. The first-order valence-electron chi connectivity index (χ1n) is 17.4. The lowest BCUT2D eigenvalue weighted by molar-refractivity contribution is -0.0438. The first-order valence-corrected chi connectivity index (χ1v) is 22.8. The zero-order valence-electron chi connectivity index (χ0n) is 29.9. The quantitative estimate of drug-likeness (QED) is 0.135. The SMILES string of the molecule is Cn1c(=O)c(-c2nccc(Nc3cc4c(cn3)c(N3CC[C@H](CS(=O)(=O)C(F)(F)F)C3)nn4CC3(CO)CCCC3)n2)cn1COCC[Si](C)(C)C. The summed E-state index contributed by atoms with van der Waals surface area (Å²) in [6.45, 7) is 8.49. The zero-order valence-corrected chi connectivity index (χ0v) is 31.7. The molecule has 1 saturated carbocycles. The van der Waals surface area contributed by atoms with Crippen LogP contribution in [0.1, 0.15) is 32.1 Å². The first kappa shape index (κ1) is 37.9. The number of halogens is 3. The fourth-order valence-electron chi connectivity index (χ4n) is 6.93. The van der Waals surface area contributed by atoms with E-state index in [1.165, 1.54) is 4.68 Å². The Morgan fingerprint density at radius 1 is 1.15 bits per heavy atom.